The number of hydrogen-bond acceptors (Lipinski definition) is 6. The lowest BCUT2D eigenvalue weighted by atomic mass is 10.2. The molecule has 1 heterocycles. The van der Waals surface area contributed by atoms with Crippen LogP contribution in [0.5, 0.6) is 0 Å². The molecule has 0 aromatic carbocycles. The van der Waals surface area contributed by atoms with E-state index in [1.807, 2.05) is 0 Å². The van der Waals surface area contributed by atoms with E-state index >= 15 is 0 Å². The molecule has 9 heteroatoms. The van der Waals surface area contributed by atoms with Crippen molar-refractivity contribution in [1.29, 1.82) is 0 Å². The van der Waals surface area contributed by atoms with Gasteiger partial charge >= 0.3 is 5.66 Å². The number of rotatable bonds is 8. The molecular formula is C10H17N5O4. The third-order valence-electron chi connectivity index (χ3n) is 2.87. The standard InChI is InChI=1S/C10H17N5O4/c1-3-4-5-6-9-7-13(12-11-9)8-10(2,14(16)17)15(18)19/h7H,3-6,8H2,1-2H3. The second kappa shape index (κ2) is 6.21. The van der Waals surface area contributed by atoms with Gasteiger partial charge in [0.05, 0.1) is 12.6 Å². The summed E-state index contributed by atoms with van der Waals surface area (Å²) in [4.78, 5) is 19.8. The van der Waals surface area contributed by atoms with Gasteiger partial charge in [-0.15, -0.1) is 5.10 Å². The molecule has 0 N–H and O–H groups in total. The van der Waals surface area contributed by atoms with E-state index < -0.39 is 22.1 Å². The molecule has 0 saturated heterocycles. The van der Waals surface area contributed by atoms with Gasteiger partial charge in [0.2, 0.25) is 0 Å². The van der Waals surface area contributed by atoms with Gasteiger partial charge in [-0.25, -0.2) is 4.68 Å². The van der Waals surface area contributed by atoms with E-state index in [0.717, 1.165) is 37.3 Å². The zero-order chi connectivity index (χ0) is 14.5. The maximum absolute atomic E-state index is 10.8. The van der Waals surface area contributed by atoms with Gasteiger partial charge in [0, 0.05) is 6.20 Å². The Bertz CT molecular complexity index is 445. The smallest absolute Gasteiger partial charge is 0.258 e. The predicted molar refractivity (Wildman–Crippen MR) is 65.6 cm³/mol. The monoisotopic (exact) mass is 271 g/mol. The number of nitro groups is 2. The van der Waals surface area contributed by atoms with Crippen molar-refractivity contribution >= 4 is 0 Å². The average molecular weight is 271 g/mol. The zero-order valence-electron chi connectivity index (χ0n) is 11.0. The Balaban J connectivity index is 2.71. The molecule has 9 nitrogen and oxygen atoms in total. The average Bonchev–Trinajstić information content (AvgIpc) is 2.76. The van der Waals surface area contributed by atoms with E-state index in [2.05, 4.69) is 17.2 Å². The highest BCUT2D eigenvalue weighted by molar-refractivity contribution is 4.92. The van der Waals surface area contributed by atoms with Crippen molar-refractivity contribution < 1.29 is 9.85 Å². The third kappa shape index (κ3) is 3.70. The minimum Gasteiger partial charge on any atom is -0.258 e. The van der Waals surface area contributed by atoms with Crippen LogP contribution in [0.25, 0.3) is 0 Å². The van der Waals surface area contributed by atoms with Gasteiger partial charge in [-0.1, -0.05) is 25.0 Å². The van der Waals surface area contributed by atoms with E-state index in [0.29, 0.717) is 5.69 Å². The highest BCUT2D eigenvalue weighted by Gasteiger charge is 2.51. The first-order chi connectivity index (χ1) is 8.90. The van der Waals surface area contributed by atoms with E-state index in [4.69, 9.17) is 0 Å². The van der Waals surface area contributed by atoms with Gasteiger partial charge in [-0.05, 0) is 12.8 Å². The highest BCUT2D eigenvalue weighted by atomic mass is 16.7. The van der Waals surface area contributed by atoms with Crippen molar-refractivity contribution in [2.45, 2.75) is 51.7 Å². The Kier molecular flexibility index (Phi) is 4.90. The molecule has 1 aromatic rings. The Hall–Kier alpha value is -2.06. The second-order valence-corrected chi connectivity index (χ2v) is 4.60. The molecule has 1 rings (SSSR count). The Labute approximate surface area is 109 Å². The van der Waals surface area contributed by atoms with Gasteiger partial charge in [-0.2, -0.15) is 0 Å². The van der Waals surface area contributed by atoms with E-state index in [1.54, 1.807) is 0 Å². The summed E-state index contributed by atoms with van der Waals surface area (Å²) < 4.78 is 1.16. The van der Waals surface area contributed by atoms with Crippen LogP contribution in [-0.2, 0) is 13.0 Å². The second-order valence-electron chi connectivity index (χ2n) is 4.60. The fourth-order valence-corrected chi connectivity index (χ4v) is 1.58. The molecule has 0 aliphatic carbocycles. The lowest BCUT2D eigenvalue weighted by Gasteiger charge is -2.11. The summed E-state index contributed by atoms with van der Waals surface area (Å²) in [5.74, 6) is 0. The molecule has 19 heavy (non-hydrogen) atoms. The van der Waals surface area contributed by atoms with E-state index in [-0.39, 0.29) is 0 Å². The third-order valence-corrected chi connectivity index (χ3v) is 2.87. The van der Waals surface area contributed by atoms with Crippen LogP contribution in [-0.4, -0.2) is 30.5 Å². The van der Waals surface area contributed by atoms with Crippen molar-refractivity contribution in [1.82, 2.24) is 15.0 Å². The van der Waals surface area contributed by atoms with E-state index in [1.165, 1.54) is 6.20 Å². The van der Waals surface area contributed by atoms with Gasteiger partial charge < -0.3 is 0 Å². The normalized spacial score (nSPS) is 11.5. The van der Waals surface area contributed by atoms with Crippen molar-refractivity contribution in [3.63, 3.8) is 0 Å². The summed E-state index contributed by atoms with van der Waals surface area (Å²) in [5.41, 5.74) is -1.59. The van der Waals surface area contributed by atoms with Crippen LogP contribution >= 0.6 is 0 Å². The van der Waals surface area contributed by atoms with Crippen LogP contribution in [0.15, 0.2) is 6.20 Å². The molecule has 0 atom stereocenters. The largest absolute Gasteiger partial charge is 0.474 e. The highest BCUT2D eigenvalue weighted by Crippen LogP contribution is 2.13. The molecule has 0 spiro atoms. The first kappa shape index (κ1) is 15.0. The molecule has 0 bridgehead atoms. The van der Waals surface area contributed by atoms with Crippen molar-refractivity contribution in [2.75, 3.05) is 0 Å². The molecule has 0 saturated carbocycles. The number of aryl methyl sites for hydroxylation is 1. The lowest BCUT2D eigenvalue weighted by Crippen LogP contribution is -2.47. The molecular weight excluding hydrogens is 254 g/mol. The van der Waals surface area contributed by atoms with Gasteiger partial charge in [-0.3, -0.25) is 20.2 Å². The quantitative estimate of drug-likeness (QED) is 0.304. The molecule has 1 aromatic heterocycles. The summed E-state index contributed by atoms with van der Waals surface area (Å²) in [6.07, 6.45) is 5.35. The van der Waals surface area contributed by atoms with Crippen LogP contribution in [0, 0.1) is 20.2 Å². The fraction of sp³-hybridized carbons (Fsp3) is 0.800. The molecule has 0 aliphatic rings. The van der Waals surface area contributed by atoms with Crippen molar-refractivity contribution in [3.05, 3.63) is 32.1 Å². The van der Waals surface area contributed by atoms with Crippen LogP contribution < -0.4 is 0 Å². The molecule has 0 aliphatic heterocycles. The molecule has 0 unspecified atom stereocenters. The minimum absolute atomic E-state index is 0.437. The van der Waals surface area contributed by atoms with Crippen LogP contribution in [0.1, 0.15) is 38.8 Å². The predicted octanol–water partition coefficient (Wildman–Crippen LogP) is 1.28. The number of nitrogens with zero attached hydrogens (tertiary/aromatic N) is 5. The maximum Gasteiger partial charge on any atom is 0.474 e. The van der Waals surface area contributed by atoms with Crippen LogP contribution in [0.4, 0.5) is 0 Å². The van der Waals surface area contributed by atoms with Crippen molar-refractivity contribution in [2.24, 2.45) is 0 Å². The first-order valence-electron chi connectivity index (χ1n) is 6.08. The van der Waals surface area contributed by atoms with Gasteiger partial charge in [0.1, 0.15) is 9.85 Å². The SMILES string of the molecule is CCCCCc1cn(CC(C)([N+](=O)[O-])[N+](=O)[O-])nn1. The lowest BCUT2D eigenvalue weighted by molar-refractivity contribution is -0.794. The van der Waals surface area contributed by atoms with E-state index in [9.17, 15) is 20.2 Å². The summed E-state index contributed by atoms with van der Waals surface area (Å²) in [7, 11) is 0. The number of unbranched alkanes of at least 4 members (excludes halogenated alkanes) is 2. The number of hydrogen-bond donors (Lipinski definition) is 0. The van der Waals surface area contributed by atoms with Crippen LogP contribution in [0.3, 0.4) is 0 Å². The van der Waals surface area contributed by atoms with Gasteiger partial charge in [0.15, 0.2) is 6.54 Å². The molecule has 0 radical (unpaired) electrons. The van der Waals surface area contributed by atoms with Gasteiger partial charge in [0.25, 0.3) is 0 Å². The number of aromatic nitrogens is 3. The summed E-state index contributed by atoms with van der Waals surface area (Å²) in [6.45, 7) is 2.61. The Morgan fingerprint density at radius 3 is 2.47 bits per heavy atom. The molecule has 0 amide bonds. The summed E-state index contributed by atoms with van der Waals surface area (Å²) >= 11 is 0. The Morgan fingerprint density at radius 2 is 1.95 bits per heavy atom. The maximum atomic E-state index is 10.8. The van der Waals surface area contributed by atoms with Crippen LogP contribution in [0.2, 0.25) is 0 Å². The molecule has 106 valence electrons. The van der Waals surface area contributed by atoms with Crippen molar-refractivity contribution in [3.8, 4) is 0 Å². The summed E-state index contributed by atoms with van der Waals surface area (Å²) in [6, 6.07) is 0. The Morgan fingerprint density at radius 1 is 1.32 bits per heavy atom. The topological polar surface area (TPSA) is 117 Å². The first-order valence-corrected chi connectivity index (χ1v) is 6.08. The fourth-order valence-electron chi connectivity index (χ4n) is 1.58. The zero-order valence-corrected chi connectivity index (χ0v) is 11.0. The molecule has 0 fully saturated rings. The minimum atomic E-state index is -2.28. The summed E-state index contributed by atoms with van der Waals surface area (Å²) in [5, 5.41) is 29.1.